The van der Waals surface area contributed by atoms with Gasteiger partial charge < -0.3 is 73.7 Å². The summed E-state index contributed by atoms with van der Waals surface area (Å²) in [6, 6.07) is 16.2. The number of amides is 8. The summed E-state index contributed by atoms with van der Waals surface area (Å²) in [6.07, 6.45) is -0.0221. The lowest BCUT2D eigenvalue weighted by Crippen LogP contribution is -2.60. The number of phenols is 2. The van der Waals surface area contributed by atoms with Crippen molar-refractivity contribution in [3.63, 3.8) is 0 Å². The van der Waals surface area contributed by atoms with Crippen molar-refractivity contribution in [3.8, 4) is 11.5 Å². The number of nitrogens with one attached hydrogen (secondary N) is 5. The van der Waals surface area contributed by atoms with E-state index in [2.05, 4.69) is 26.6 Å². The summed E-state index contributed by atoms with van der Waals surface area (Å²) >= 11 is 6.08. The van der Waals surface area contributed by atoms with Gasteiger partial charge in [0.15, 0.2) is 0 Å². The molecule has 22 nitrogen and oxygen atoms in total. The number of aldehydes is 1. The number of unbranched alkanes of at least 4 members (excludes halogenated alkanes) is 1. The predicted molar refractivity (Wildman–Crippen MR) is 311 cm³/mol. The van der Waals surface area contributed by atoms with Gasteiger partial charge in [-0.3, -0.25) is 38.4 Å². The fourth-order valence-electron chi connectivity index (χ4n) is 8.36. The summed E-state index contributed by atoms with van der Waals surface area (Å²) in [4.78, 5) is 124. The van der Waals surface area contributed by atoms with Gasteiger partial charge in [0, 0.05) is 61.9 Å². The maximum absolute atomic E-state index is 15.0. The number of carbonyl (C=O) groups excluding carboxylic acids is 9. The van der Waals surface area contributed by atoms with Crippen LogP contribution in [0, 0.1) is 0 Å². The molecule has 81 heavy (non-hydrogen) atoms. The number of nitrogens with zero attached hydrogens (tertiary/aromatic N) is 2. The molecular weight excluding hydrogens is 1100 g/mol. The van der Waals surface area contributed by atoms with E-state index in [1.165, 1.54) is 80.3 Å². The number of primary amides is 2. The molecule has 0 aliphatic heterocycles. The van der Waals surface area contributed by atoms with E-state index in [1.807, 2.05) is 0 Å². The van der Waals surface area contributed by atoms with Crippen LogP contribution in [-0.2, 0) is 64.0 Å². The van der Waals surface area contributed by atoms with Crippen LogP contribution in [0.1, 0.15) is 65.2 Å². The second kappa shape index (κ2) is 33.5. The maximum Gasteiger partial charge on any atom is 0.248 e. The van der Waals surface area contributed by atoms with Crippen LogP contribution in [0.5, 0.6) is 11.5 Å². The molecule has 0 spiro atoms. The quantitative estimate of drug-likeness (QED) is 0.0178. The highest BCUT2D eigenvalue weighted by atomic mass is 35.5. The topological polar surface area (TPSA) is 359 Å². The van der Waals surface area contributed by atoms with Gasteiger partial charge in [-0.1, -0.05) is 81.7 Å². The molecule has 0 aromatic heterocycles. The molecule has 0 radical (unpaired) electrons. The Morgan fingerprint density at radius 3 is 1.62 bits per heavy atom. The molecule has 8 amide bonds. The number of aliphatic hydroxyl groups is 1. The molecule has 8 atom stereocenters. The molecular formula is C56H73ClN10O12S2. The number of carbonyl (C=O) groups is 9. The number of phenolic OH excluding ortho intramolecular Hbond substituents is 2. The average molecular weight is 1180 g/mol. The number of likely N-dealkylation sites (N-methyl/N-ethyl adjacent to an activating group) is 3. The minimum atomic E-state index is -1.46. The van der Waals surface area contributed by atoms with Gasteiger partial charge in [-0.15, -0.1) is 0 Å². The fraction of sp³-hybridized carbons (Fsp3) is 0.411. The molecule has 0 fully saturated rings. The van der Waals surface area contributed by atoms with E-state index in [4.69, 9.17) is 28.8 Å². The zero-order valence-electron chi connectivity index (χ0n) is 45.5. The van der Waals surface area contributed by atoms with Crippen LogP contribution in [0.2, 0.25) is 5.02 Å². The number of nitrogens with two attached hydrogens (primary N) is 3. The van der Waals surface area contributed by atoms with Crippen molar-refractivity contribution in [1.29, 1.82) is 0 Å². The third-order valence-corrected chi connectivity index (χ3v) is 15.9. The lowest BCUT2D eigenvalue weighted by atomic mass is 9.99. The van der Waals surface area contributed by atoms with Gasteiger partial charge in [-0.2, -0.15) is 0 Å². The Balaban J connectivity index is 1.67. The van der Waals surface area contributed by atoms with Crippen LogP contribution in [-0.4, -0.2) is 166 Å². The summed E-state index contributed by atoms with van der Waals surface area (Å²) < 4.78 is 0. The molecule has 438 valence electrons. The van der Waals surface area contributed by atoms with Gasteiger partial charge in [0.1, 0.15) is 54.0 Å². The first kappa shape index (κ1) is 66.3. The summed E-state index contributed by atoms with van der Waals surface area (Å²) in [5, 5.41) is 44.6. The molecule has 0 saturated carbocycles. The highest BCUT2D eigenvalue weighted by Gasteiger charge is 2.37. The first-order valence-corrected chi connectivity index (χ1v) is 28.9. The van der Waals surface area contributed by atoms with Crippen LogP contribution in [0.3, 0.4) is 0 Å². The summed E-state index contributed by atoms with van der Waals surface area (Å²) in [5.41, 5.74) is 19.4. The standard InChI is InChI=1S/C56H73ClN10O12S2/c1-33(69)48(30-68)67(4)55(78)42(7-5-6-26-58)63-52(75)44(28-35-8-17-38(18-9-35)50(59)73)65-54(77)47(29-37-14-23-41(71)24-15-37)66(3)56(79)46(62-49(72)25-16-34-10-19-39(57)20-11-34)32-81-80-31-45(61-2)53(76)64-43(51(60)74)27-36-12-21-40(70)22-13-36/h8-15,17-24,30,33,42-48,61,69-71H,5-7,16,25-29,31-32,58H2,1-4H3,(H2,59,73)(H2,60,74)(H,62,72)(H,63,75)(H,64,76)(H,65,77)/t33?,42-,43+,44+,45-,46+,47-,48?/m0/s1. The third kappa shape index (κ3) is 21.6. The Morgan fingerprint density at radius 1 is 0.617 bits per heavy atom. The van der Waals surface area contributed by atoms with E-state index < -0.39 is 95.7 Å². The Labute approximate surface area is 483 Å². The van der Waals surface area contributed by atoms with Crippen molar-refractivity contribution in [3.05, 3.63) is 130 Å². The zero-order chi connectivity index (χ0) is 59.8. The van der Waals surface area contributed by atoms with Crippen LogP contribution in [0.15, 0.2) is 97.1 Å². The maximum atomic E-state index is 15.0. The number of aromatic hydroxyl groups is 2. The molecule has 0 saturated heterocycles. The Hall–Kier alpha value is -7.22. The van der Waals surface area contributed by atoms with Crippen molar-refractivity contribution >= 4 is 86.7 Å². The Kier molecular flexibility index (Phi) is 27.4. The molecule has 0 heterocycles. The smallest absolute Gasteiger partial charge is 0.248 e. The van der Waals surface area contributed by atoms with Crippen molar-refractivity contribution in [2.75, 3.05) is 39.2 Å². The van der Waals surface area contributed by atoms with Crippen molar-refractivity contribution < 1.29 is 58.5 Å². The molecule has 4 rings (SSSR count). The van der Waals surface area contributed by atoms with Gasteiger partial charge in [-0.05, 0) is 117 Å². The number of halogens is 1. The number of aryl methyl sites for hydroxylation is 1. The number of rotatable bonds is 34. The monoisotopic (exact) mass is 1180 g/mol. The van der Waals surface area contributed by atoms with Crippen LogP contribution in [0.25, 0.3) is 0 Å². The molecule has 4 aromatic carbocycles. The van der Waals surface area contributed by atoms with E-state index in [0.29, 0.717) is 40.8 Å². The summed E-state index contributed by atoms with van der Waals surface area (Å²) in [5.74, 6) is -5.67. The van der Waals surface area contributed by atoms with Gasteiger partial charge in [-0.25, -0.2) is 0 Å². The molecule has 14 N–H and O–H groups in total. The van der Waals surface area contributed by atoms with Crippen LogP contribution >= 0.6 is 33.2 Å². The minimum absolute atomic E-state index is 0.0242. The largest absolute Gasteiger partial charge is 0.508 e. The van der Waals surface area contributed by atoms with E-state index in [9.17, 15) is 53.7 Å². The second-order valence-corrected chi connectivity index (χ2v) is 22.3. The number of hydrogen-bond acceptors (Lipinski definition) is 16. The van der Waals surface area contributed by atoms with E-state index in [0.717, 1.165) is 26.2 Å². The lowest BCUT2D eigenvalue weighted by Gasteiger charge is -2.33. The summed E-state index contributed by atoms with van der Waals surface area (Å²) in [6.45, 7) is 1.61. The van der Waals surface area contributed by atoms with Gasteiger partial charge in [0.2, 0.25) is 47.3 Å². The summed E-state index contributed by atoms with van der Waals surface area (Å²) in [7, 11) is 6.55. The predicted octanol–water partition coefficient (Wildman–Crippen LogP) is 1.27. The molecule has 25 heteroatoms. The van der Waals surface area contributed by atoms with Gasteiger partial charge in [0.05, 0.1) is 12.1 Å². The third-order valence-electron chi connectivity index (χ3n) is 13.2. The zero-order valence-corrected chi connectivity index (χ0v) is 47.9. The number of hydrogen-bond donors (Lipinski definition) is 11. The van der Waals surface area contributed by atoms with Crippen molar-refractivity contribution in [2.45, 2.75) is 107 Å². The lowest BCUT2D eigenvalue weighted by molar-refractivity contribution is -0.143. The first-order valence-electron chi connectivity index (χ1n) is 26.0. The Morgan fingerprint density at radius 2 is 1.10 bits per heavy atom. The highest BCUT2D eigenvalue weighted by Crippen LogP contribution is 2.25. The highest BCUT2D eigenvalue weighted by molar-refractivity contribution is 8.76. The molecule has 0 aliphatic carbocycles. The average Bonchev–Trinajstić information content (AvgIpc) is 3.43. The fourth-order valence-corrected chi connectivity index (χ4v) is 10.9. The minimum Gasteiger partial charge on any atom is -0.508 e. The first-order chi connectivity index (χ1) is 38.5. The van der Waals surface area contributed by atoms with Crippen LogP contribution < -0.4 is 43.8 Å². The molecule has 4 aromatic rings. The van der Waals surface area contributed by atoms with E-state index in [-0.39, 0.29) is 73.6 Å². The second-order valence-electron chi connectivity index (χ2n) is 19.3. The molecule has 0 aliphatic rings. The number of benzene rings is 4. The van der Waals surface area contributed by atoms with E-state index >= 15 is 4.79 Å². The van der Waals surface area contributed by atoms with Gasteiger partial charge in [0.25, 0.3) is 0 Å². The van der Waals surface area contributed by atoms with Crippen molar-refractivity contribution in [2.24, 2.45) is 17.2 Å². The normalized spacial score (nSPS) is 14.1. The van der Waals surface area contributed by atoms with Crippen LogP contribution in [0.4, 0.5) is 0 Å². The molecule has 2 unspecified atom stereocenters. The molecule has 0 bridgehead atoms. The van der Waals surface area contributed by atoms with Crippen molar-refractivity contribution in [1.82, 2.24) is 36.4 Å². The Bertz CT molecular complexity index is 2750. The number of aliphatic hydroxyl groups excluding tert-OH is 1. The van der Waals surface area contributed by atoms with E-state index in [1.54, 1.807) is 55.6 Å². The SMILES string of the molecule is CN[C@@H](CSSC[C@@H](NC(=O)CCc1ccc(Cl)cc1)C(=O)N(C)[C@@H](Cc1ccc(O)cc1)C(=O)N[C@H](Cc1ccc(C(N)=O)cc1)C(=O)N[C@@H](CCCCN)C(=O)N(C)C(C=O)C(C)O)C(=O)N[C@H](Cc1ccc(O)cc1)C(N)=O. The van der Waals surface area contributed by atoms with Gasteiger partial charge >= 0.3 is 0 Å².